The van der Waals surface area contributed by atoms with E-state index in [-0.39, 0.29) is 0 Å². The van der Waals surface area contributed by atoms with Gasteiger partial charge in [0.25, 0.3) is 0 Å². The number of rotatable bonds is 4. The summed E-state index contributed by atoms with van der Waals surface area (Å²) in [5.74, 6) is 0. The highest BCUT2D eigenvalue weighted by molar-refractivity contribution is 5.95. The van der Waals surface area contributed by atoms with Gasteiger partial charge in [0, 0.05) is 79.3 Å². The van der Waals surface area contributed by atoms with Crippen LogP contribution in [0.4, 0.5) is 11.4 Å². The number of amides is 1. The van der Waals surface area contributed by atoms with Crippen LogP contribution in [0.5, 0.6) is 0 Å². The molecule has 0 atom stereocenters. The number of carbonyl (C=O) groups is 1. The Morgan fingerprint density at radius 1 is 1.00 bits per heavy atom. The molecule has 1 aromatic carbocycles. The van der Waals surface area contributed by atoms with Gasteiger partial charge < -0.3 is 30.0 Å². The van der Waals surface area contributed by atoms with Crippen LogP contribution in [0.2, 0.25) is 0 Å². The topological polar surface area (TPSA) is 83.3 Å². The van der Waals surface area contributed by atoms with Gasteiger partial charge in [-0.3, -0.25) is 4.79 Å². The molecule has 2 aliphatic heterocycles. The van der Waals surface area contributed by atoms with E-state index in [2.05, 4.69) is 80.6 Å². The first kappa shape index (κ1) is 23.1. The van der Waals surface area contributed by atoms with E-state index in [0.29, 0.717) is 0 Å². The van der Waals surface area contributed by atoms with Gasteiger partial charge in [0.1, 0.15) is 5.65 Å². The molecule has 8 heteroatoms. The average molecular weight is 472 g/mol. The van der Waals surface area contributed by atoms with Gasteiger partial charge in [-0.2, -0.15) is 0 Å². The van der Waals surface area contributed by atoms with Crippen LogP contribution in [-0.4, -0.2) is 89.4 Å². The summed E-state index contributed by atoms with van der Waals surface area (Å²) in [7, 11) is 4.23. The maximum Gasteiger partial charge on any atom is 0.209 e. The average Bonchev–Trinajstić information content (AvgIpc) is 3.53. The smallest absolute Gasteiger partial charge is 0.209 e. The van der Waals surface area contributed by atoms with Gasteiger partial charge in [-0.15, -0.1) is 0 Å². The quantitative estimate of drug-likeness (QED) is 0.393. The van der Waals surface area contributed by atoms with Crippen LogP contribution in [0, 0.1) is 0 Å². The Morgan fingerprint density at radius 2 is 1.86 bits per heavy atom. The second-order valence-electron chi connectivity index (χ2n) is 9.39. The highest BCUT2D eigenvalue weighted by Crippen LogP contribution is 2.30. The van der Waals surface area contributed by atoms with Gasteiger partial charge >= 0.3 is 0 Å². The highest BCUT2D eigenvalue weighted by atomic mass is 16.1. The Morgan fingerprint density at radius 3 is 2.63 bits per heavy atom. The lowest BCUT2D eigenvalue weighted by molar-refractivity contribution is -0.119. The van der Waals surface area contributed by atoms with Gasteiger partial charge in [-0.25, -0.2) is 4.98 Å². The minimum absolute atomic E-state index is 0.889. The van der Waals surface area contributed by atoms with Gasteiger partial charge in [-0.1, -0.05) is 6.08 Å². The van der Waals surface area contributed by atoms with Crippen LogP contribution in [0.1, 0.15) is 12.1 Å². The van der Waals surface area contributed by atoms with Gasteiger partial charge in [0.2, 0.25) is 6.41 Å². The number of anilines is 2. The molecule has 1 amide bonds. The fraction of sp³-hybridized carbons (Fsp3) is 0.333. The third kappa shape index (κ3) is 5.39. The van der Waals surface area contributed by atoms with Crippen molar-refractivity contribution in [3.8, 4) is 0 Å². The van der Waals surface area contributed by atoms with E-state index in [9.17, 15) is 4.79 Å². The number of benzene rings is 1. The summed E-state index contributed by atoms with van der Waals surface area (Å²) >= 11 is 0. The number of nitrogens with one attached hydrogen (secondary N) is 3. The number of pyridine rings is 1. The molecule has 4 aromatic rings. The van der Waals surface area contributed by atoms with Crippen molar-refractivity contribution in [2.75, 3.05) is 58.7 Å². The molecule has 5 heterocycles. The monoisotopic (exact) mass is 471 g/mol. The molecule has 3 N–H and O–H groups in total. The van der Waals surface area contributed by atoms with E-state index in [4.69, 9.17) is 0 Å². The zero-order valence-electron chi connectivity index (χ0n) is 20.4. The fourth-order valence-corrected chi connectivity index (χ4v) is 4.54. The third-order valence-electron chi connectivity index (χ3n) is 6.81. The second kappa shape index (κ2) is 10.3. The van der Waals surface area contributed by atoms with Crippen molar-refractivity contribution >= 4 is 45.3 Å². The lowest BCUT2D eigenvalue weighted by atomic mass is 10.1. The number of aromatic nitrogens is 3. The summed E-state index contributed by atoms with van der Waals surface area (Å²) in [4.78, 5) is 27.8. The summed E-state index contributed by atoms with van der Waals surface area (Å²) in [6, 6.07) is 12.7. The van der Waals surface area contributed by atoms with Crippen LogP contribution in [0.25, 0.3) is 27.5 Å². The second-order valence-corrected chi connectivity index (χ2v) is 9.39. The van der Waals surface area contributed by atoms with Crippen molar-refractivity contribution in [3.63, 3.8) is 0 Å². The highest BCUT2D eigenvalue weighted by Gasteiger charge is 2.14. The molecule has 0 aliphatic carbocycles. The Hall–Kier alpha value is -3.62. The number of aromatic amines is 2. The Balaban J connectivity index is 0.000000239. The van der Waals surface area contributed by atoms with Crippen LogP contribution in [-0.2, 0) is 4.79 Å². The molecule has 0 saturated carbocycles. The van der Waals surface area contributed by atoms with Crippen molar-refractivity contribution in [1.82, 2.24) is 29.7 Å². The van der Waals surface area contributed by atoms with Crippen LogP contribution in [0.15, 0.2) is 54.9 Å². The summed E-state index contributed by atoms with van der Waals surface area (Å²) in [5.41, 5.74) is 6.77. The van der Waals surface area contributed by atoms with Crippen LogP contribution >= 0.6 is 0 Å². The lowest BCUT2D eigenvalue weighted by Gasteiger charge is -2.29. The van der Waals surface area contributed by atoms with Crippen LogP contribution < -0.4 is 5.32 Å². The van der Waals surface area contributed by atoms with Crippen molar-refractivity contribution in [2.45, 2.75) is 6.42 Å². The molecule has 2 aliphatic rings. The standard InChI is InChI=1S/C21H21N5.C6H12N2O/c1-26-10-6-14(7-11-26)20-13-17-19(5-9-23-21(17)25-20)24-16-2-3-18-15(12-16)4-8-22-18;1-7-2-4-8(6-9)5-3-7/h2-6,8-9,12-13,22H,7,10-11H2,1H3,(H2,23,24,25);6H,2-5H2,1H3. The number of piperazine rings is 1. The van der Waals surface area contributed by atoms with E-state index in [1.807, 2.05) is 18.5 Å². The summed E-state index contributed by atoms with van der Waals surface area (Å²) in [5, 5.41) is 5.87. The summed E-state index contributed by atoms with van der Waals surface area (Å²) < 4.78 is 0. The zero-order valence-corrected chi connectivity index (χ0v) is 20.4. The summed E-state index contributed by atoms with van der Waals surface area (Å²) in [6.07, 6.45) is 8.11. The number of likely N-dealkylation sites (N-methyl/N-ethyl adjacent to an activating group) is 2. The fourth-order valence-electron chi connectivity index (χ4n) is 4.54. The third-order valence-corrected chi connectivity index (χ3v) is 6.81. The molecule has 182 valence electrons. The molecule has 0 bridgehead atoms. The molecular weight excluding hydrogens is 438 g/mol. The maximum absolute atomic E-state index is 10.2. The predicted octanol–water partition coefficient (Wildman–Crippen LogP) is 3.90. The number of nitrogens with zero attached hydrogens (tertiary/aromatic N) is 4. The van der Waals surface area contributed by atoms with E-state index in [0.717, 1.165) is 80.0 Å². The molecule has 6 rings (SSSR count). The van der Waals surface area contributed by atoms with Crippen molar-refractivity contribution in [3.05, 3.63) is 60.6 Å². The number of fused-ring (bicyclic) bond motifs is 2. The summed E-state index contributed by atoms with van der Waals surface area (Å²) in [6.45, 7) is 5.90. The molecule has 8 nitrogen and oxygen atoms in total. The van der Waals surface area contributed by atoms with Crippen molar-refractivity contribution < 1.29 is 4.79 Å². The predicted molar refractivity (Wildman–Crippen MR) is 143 cm³/mol. The first-order valence-electron chi connectivity index (χ1n) is 12.2. The largest absolute Gasteiger partial charge is 0.361 e. The van der Waals surface area contributed by atoms with Crippen molar-refractivity contribution in [2.24, 2.45) is 0 Å². The first-order valence-corrected chi connectivity index (χ1v) is 12.2. The maximum atomic E-state index is 10.2. The van der Waals surface area contributed by atoms with Gasteiger partial charge in [-0.05, 0) is 62.5 Å². The molecular formula is C27H33N7O. The normalized spacial score (nSPS) is 17.2. The minimum atomic E-state index is 0.889. The number of H-pyrrole nitrogens is 2. The molecule has 0 spiro atoms. The molecule has 0 unspecified atom stereocenters. The van der Waals surface area contributed by atoms with Gasteiger partial charge in [0.05, 0.1) is 5.69 Å². The molecule has 3 aromatic heterocycles. The van der Waals surface area contributed by atoms with Crippen molar-refractivity contribution in [1.29, 1.82) is 0 Å². The first-order chi connectivity index (χ1) is 17.1. The molecule has 35 heavy (non-hydrogen) atoms. The Bertz CT molecular complexity index is 1330. The van der Waals surface area contributed by atoms with E-state index < -0.39 is 0 Å². The van der Waals surface area contributed by atoms with Gasteiger partial charge in [0.15, 0.2) is 0 Å². The molecule has 1 fully saturated rings. The molecule has 0 radical (unpaired) electrons. The van der Waals surface area contributed by atoms with Crippen LogP contribution in [0.3, 0.4) is 0 Å². The minimum Gasteiger partial charge on any atom is -0.361 e. The Labute approximate surface area is 205 Å². The van der Waals surface area contributed by atoms with E-state index >= 15 is 0 Å². The number of hydrogen-bond acceptors (Lipinski definition) is 5. The SMILES string of the molecule is CN1CC=C(c2cc3c(Nc4ccc5[nH]ccc5c4)ccnc3[nH]2)CC1.CN1CCN(C=O)CC1. The number of carbonyl (C=O) groups excluding carboxylic acids is 1. The lowest BCUT2D eigenvalue weighted by Crippen LogP contribution is -2.43. The van der Waals surface area contributed by atoms with E-state index in [1.54, 1.807) is 4.90 Å². The zero-order chi connectivity index (χ0) is 24.2. The number of hydrogen-bond donors (Lipinski definition) is 3. The Kier molecular flexibility index (Phi) is 6.83. The molecule has 1 saturated heterocycles. The van der Waals surface area contributed by atoms with E-state index in [1.165, 1.54) is 16.7 Å².